The molecule has 0 bridgehead atoms. The van der Waals surface area contributed by atoms with E-state index in [9.17, 15) is 0 Å². The van der Waals surface area contributed by atoms with Crippen molar-refractivity contribution in [3.63, 3.8) is 0 Å². The van der Waals surface area contributed by atoms with Gasteiger partial charge in [-0.25, -0.2) is 9.97 Å². The molecule has 0 aliphatic carbocycles. The Balaban J connectivity index is 1.38. The molecule has 2 aliphatic rings. The van der Waals surface area contributed by atoms with Crippen LogP contribution in [0.3, 0.4) is 0 Å². The normalized spacial score (nSPS) is 19.8. The molecule has 0 atom stereocenters. The molecule has 140 valence electrons. The minimum absolute atomic E-state index is 0.463. The molecule has 0 N–H and O–H groups in total. The van der Waals surface area contributed by atoms with Crippen molar-refractivity contribution in [2.75, 3.05) is 44.3 Å². The Morgan fingerprint density at radius 3 is 2.62 bits per heavy atom. The Morgan fingerprint density at radius 1 is 1.12 bits per heavy atom. The van der Waals surface area contributed by atoms with E-state index in [0.29, 0.717) is 5.92 Å². The third-order valence-electron chi connectivity index (χ3n) is 5.41. The second-order valence-electron chi connectivity index (χ2n) is 7.15. The van der Waals surface area contributed by atoms with Gasteiger partial charge in [-0.2, -0.15) is 0 Å². The number of anilines is 1. The van der Waals surface area contributed by atoms with E-state index in [1.54, 1.807) is 0 Å². The van der Waals surface area contributed by atoms with Crippen LogP contribution in [0.1, 0.15) is 36.2 Å². The molecule has 0 saturated carbocycles. The first kappa shape index (κ1) is 17.4. The molecule has 0 unspecified atom stereocenters. The first-order valence-electron chi connectivity index (χ1n) is 9.43. The molecule has 2 aromatic rings. The van der Waals surface area contributed by atoms with Gasteiger partial charge in [0, 0.05) is 45.3 Å². The van der Waals surface area contributed by atoms with E-state index in [1.165, 1.54) is 0 Å². The van der Waals surface area contributed by atoms with Gasteiger partial charge >= 0.3 is 0 Å². The Kier molecular flexibility index (Phi) is 5.12. The summed E-state index contributed by atoms with van der Waals surface area (Å²) in [6.07, 6.45) is 3.99. The van der Waals surface area contributed by atoms with Crippen LogP contribution < -0.4 is 4.90 Å². The van der Waals surface area contributed by atoms with Crippen LogP contribution in [-0.2, 0) is 18.3 Å². The highest BCUT2D eigenvalue weighted by molar-refractivity contribution is 5.38. The minimum Gasteiger partial charge on any atom is -0.379 e. The smallest absolute Gasteiger partial charge is 0.146 e. The average molecular weight is 357 g/mol. The van der Waals surface area contributed by atoms with Gasteiger partial charge in [0.15, 0.2) is 0 Å². The monoisotopic (exact) mass is 357 g/mol. The molecule has 2 aromatic heterocycles. The van der Waals surface area contributed by atoms with Crippen LogP contribution in [0.25, 0.3) is 0 Å². The van der Waals surface area contributed by atoms with Crippen molar-refractivity contribution in [1.29, 1.82) is 0 Å². The zero-order chi connectivity index (χ0) is 17.9. The molecule has 8 heteroatoms. The summed E-state index contributed by atoms with van der Waals surface area (Å²) in [4.78, 5) is 13.5. The summed E-state index contributed by atoms with van der Waals surface area (Å²) >= 11 is 0. The second-order valence-corrected chi connectivity index (χ2v) is 7.15. The first-order chi connectivity index (χ1) is 12.7. The third kappa shape index (κ3) is 3.71. The molecule has 4 rings (SSSR count). The van der Waals surface area contributed by atoms with Crippen molar-refractivity contribution in [2.24, 2.45) is 7.05 Å². The van der Waals surface area contributed by atoms with E-state index in [2.05, 4.69) is 41.6 Å². The minimum atomic E-state index is 0.463. The second kappa shape index (κ2) is 7.67. The van der Waals surface area contributed by atoms with Gasteiger partial charge < -0.3 is 14.2 Å². The maximum atomic E-state index is 5.42. The highest BCUT2D eigenvalue weighted by Crippen LogP contribution is 2.29. The van der Waals surface area contributed by atoms with Crippen molar-refractivity contribution in [1.82, 2.24) is 29.6 Å². The summed E-state index contributed by atoms with van der Waals surface area (Å²) in [5.74, 6) is 4.49. The topological polar surface area (TPSA) is 72.2 Å². The molecular formula is C18H27N7O. The van der Waals surface area contributed by atoms with Gasteiger partial charge in [0.1, 0.15) is 23.3 Å². The largest absolute Gasteiger partial charge is 0.379 e. The molecule has 26 heavy (non-hydrogen) atoms. The zero-order valence-corrected chi connectivity index (χ0v) is 15.6. The van der Waals surface area contributed by atoms with Crippen LogP contribution in [0.2, 0.25) is 0 Å². The van der Waals surface area contributed by atoms with Crippen molar-refractivity contribution in [3.8, 4) is 0 Å². The quantitative estimate of drug-likeness (QED) is 0.812. The molecule has 2 fully saturated rings. The SMILES string of the molecule is Cc1nccc(N2CCC(c3nnc(CN4CCOCC4)n3C)CC2)n1. The van der Waals surface area contributed by atoms with Gasteiger partial charge in [-0.15, -0.1) is 10.2 Å². The first-order valence-corrected chi connectivity index (χ1v) is 9.43. The predicted octanol–water partition coefficient (Wildman–Crippen LogP) is 1.13. The molecular weight excluding hydrogens is 330 g/mol. The predicted molar refractivity (Wildman–Crippen MR) is 98.1 cm³/mol. The summed E-state index contributed by atoms with van der Waals surface area (Å²) in [5.41, 5.74) is 0. The average Bonchev–Trinajstić information content (AvgIpc) is 3.03. The number of aryl methyl sites for hydroxylation is 1. The molecule has 8 nitrogen and oxygen atoms in total. The summed E-state index contributed by atoms with van der Waals surface area (Å²) in [7, 11) is 2.10. The van der Waals surface area contributed by atoms with Crippen LogP contribution in [-0.4, -0.2) is 69.0 Å². The van der Waals surface area contributed by atoms with Crippen LogP contribution in [0.15, 0.2) is 12.3 Å². The molecule has 0 aromatic carbocycles. The van der Waals surface area contributed by atoms with E-state index >= 15 is 0 Å². The van der Waals surface area contributed by atoms with E-state index in [-0.39, 0.29) is 0 Å². The standard InChI is InChI=1S/C18H27N7O/c1-14-19-6-3-16(20-14)25-7-4-15(5-8-25)18-22-21-17(23(18)2)13-24-9-11-26-12-10-24/h3,6,15H,4-5,7-13H2,1-2H3. The lowest BCUT2D eigenvalue weighted by molar-refractivity contribution is 0.0326. The number of nitrogens with zero attached hydrogens (tertiary/aromatic N) is 7. The van der Waals surface area contributed by atoms with Crippen LogP contribution >= 0.6 is 0 Å². The summed E-state index contributed by atoms with van der Waals surface area (Å²) < 4.78 is 7.62. The maximum Gasteiger partial charge on any atom is 0.146 e. The lowest BCUT2D eigenvalue weighted by Crippen LogP contribution is -2.36. The van der Waals surface area contributed by atoms with Crippen molar-refractivity contribution in [3.05, 3.63) is 29.7 Å². The Hall–Kier alpha value is -2.06. The van der Waals surface area contributed by atoms with Gasteiger partial charge in [-0.1, -0.05) is 0 Å². The number of morpholine rings is 1. The van der Waals surface area contributed by atoms with Gasteiger partial charge in [0.2, 0.25) is 0 Å². The van der Waals surface area contributed by atoms with Gasteiger partial charge in [-0.05, 0) is 25.8 Å². The number of hydrogen-bond acceptors (Lipinski definition) is 7. The maximum absolute atomic E-state index is 5.42. The molecule has 0 spiro atoms. The lowest BCUT2D eigenvalue weighted by Gasteiger charge is -2.32. The van der Waals surface area contributed by atoms with Crippen LogP contribution in [0.5, 0.6) is 0 Å². The molecule has 0 amide bonds. The van der Waals surface area contributed by atoms with E-state index in [0.717, 1.165) is 82.1 Å². The summed E-state index contributed by atoms with van der Waals surface area (Å²) in [6.45, 7) is 8.34. The highest BCUT2D eigenvalue weighted by Gasteiger charge is 2.26. The molecule has 2 saturated heterocycles. The highest BCUT2D eigenvalue weighted by atomic mass is 16.5. The van der Waals surface area contributed by atoms with Crippen molar-refractivity contribution < 1.29 is 4.74 Å². The molecule has 2 aliphatic heterocycles. The van der Waals surface area contributed by atoms with E-state index in [1.807, 2.05) is 19.2 Å². The molecule has 0 radical (unpaired) electrons. The van der Waals surface area contributed by atoms with Crippen molar-refractivity contribution >= 4 is 5.82 Å². The number of rotatable bonds is 4. The summed E-state index contributed by atoms with van der Waals surface area (Å²) in [6, 6.07) is 2.00. The number of hydrogen-bond donors (Lipinski definition) is 0. The number of ether oxygens (including phenoxy) is 1. The van der Waals surface area contributed by atoms with Gasteiger partial charge in [0.25, 0.3) is 0 Å². The Bertz CT molecular complexity index is 733. The Labute approximate surface area is 154 Å². The third-order valence-corrected chi connectivity index (χ3v) is 5.41. The number of piperidine rings is 1. The van der Waals surface area contributed by atoms with E-state index < -0.39 is 0 Å². The molecule has 4 heterocycles. The Morgan fingerprint density at radius 2 is 1.88 bits per heavy atom. The van der Waals surface area contributed by atoms with E-state index in [4.69, 9.17) is 4.74 Å². The fraction of sp³-hybridized carbons (Fsp3) is 0.667. The van der Waals surface area contributed by atoms with Crippen LogP contribution in [0.4, 0.5) is 5.82 Å². The fourth-order valence-corrected chi connectivity index (χ4v) is 3.81. The fourth-order valence-electron chi connectivity index (χ4n) is 3.81. The van der Waals surface area contributed by atoms with Crippen molar-refractivity contribution in [2.45, 2.75) is 32.2 Å². The number of aromatic nitrogens is 5. The van der Waals surface area contributed by atoms with Gasteiger partial charge in [0.05, 0.1) is 19.8 Å². The van der Waals surface area contributed by atoms with Crippen LogP contribution in [0, 0.1) is 6.92 Å². The zero-order valence-electron chi connectivity index (χ0n) is 15.6. The summed E-state index contributed by atoms with van der Waals surface area (Å²) in [5, 5.41) is 9.00. The lowest BCUT2D eigenvalue weighted by atomic mass is 9.96. The van der Waals surface area contributed by atoms with Gasteiger partial charge in [-0.3, -0.25) is 4.90 Å².